The molecule has 0 amide bonds. The third-order valence-electron chi connectivity index (χ3n) is 3.53. The molecule has 2 aromatic rings. The molecule has 1 aromatic heterocycles. The molecular weight excluding hydrogens is 217 g/mol. The van der Waals surface area contributed by atoms with Gasteiger partial charge < -0.3 is 9.73 Å². The minimum absolute atomic E-state index is 0.153. The fraction of sp³-hybridized carbons (Fsp3) is 0.429. The Labute approximate surface area is 99.8 Å². The maximum atomic E-state index is 13.9. The number of rotatable bonds is 2. The SMILES string of the molecule is Fc1ccc2ccoc2c1CC1CCCCN1. The van der Waals surface area contributed by atoms with Crippen molar-refractivity contribution in [3.05, 3.63) is 35.8 Å². The molecule has 1 saturated heterocycles. The van der Waals surface area contributed by atoms with E-state index in [1.165, 1.54) is 18.9 Å². The average Bonchev–Trinajstić information content (AvgIpc) is 2.83. The number of benzene rings is 1. The maximum Gasteiger partial charge on any atom is 0.140 e. The molecule has 3 heteroatoms. The molecule has 1 aliphatic rings. The Morgan fingerprint density at radius 1 is 1.29 bits per heavy atom. The smallest absolute Gasteiger partial charge is 0.140 e. The number of fused-ring (bicyclic) bond motifs is 1. The molecule has 0 bridgehead atoms. The molecule has 0 saturated carbocycles. The molecule has 3 rings (SSSR count). The summed E-state index contributed by atoms with van der Waals surface area (Å²) in [4.78, 5) is 0. The third kappa shape index (κ3) is 2.07. The summed E-state index contributed by atoms with van der Waals surface area (Å²) in [5.74, 6) is -0.153. The summed E-state index contributed by atoms with van der Waals surface area (Å²) in [6, 6.07) is 5.57. The lowest BCUT2D eigenvalue weighted by Gasteiger charge is -2.23. The Kier molecular flexibility index (Phi) is 2.85. The topological polar surface area (TPSA) is 25.2 Å². The minimum atomic E-state index is -0.153. The highest BCUT2D eigenvalue weighted by atomic mass is 19.1. The van der Waals surface area contributed by atoms with Crippen LogP contribution in [0.15, 0.2) is 28.9 Å². The van der Waals surface area contributed by atoms with E-state index in [1.54, 1.807) is 12.3 Å². The minimum Gasteiger partial charge on any atom is -0.464 e. The fourth-order valence-corrected chi connectivity index (χ4v) is 2.60. The van der Waals surface area contributed by atoms with Crippen molar-refractivity contribution >= 4 is 11.0 Å². The zero-order valence-corrected chi connectivity index (χ0v) is 9.71. The van der Waals surface area contributed by atoms with Crippen LogP contribution in [0.4, 0.5) is 4.39 Å². The van der Waals surface area contributed by atoms with E-state index in [9.17, 15) is 4.39 Å². The van der Waals surface area contributed by atoms with Crippen LogP contribution in [0.3, 0.4) is 0 Å². The molecule has 17 heavy (non-hydrogen) atoms. The van der Waals surface area contributed by atoms with Crippen LogP contribution in [0, 0.1) is 5.82 Å². The standard InChI is InChI=1S/C14H16FNO/c15-13-5-4-10-6-8-17-14(10)12(13)9-11-3-1-2-7-16-11/h4-6,8,11,16H,1-3,7,9H2. The van der Waals surface area contributed by atoms with Crippen LogP contribution in [0.2, 0.25) is 0 Å². The van der Waals surface area contributed by atoms with Crippen molar-refractivity contribution in [1.29, 1.82) is 0 Å². The van der Waals surface area contributed by atoms with Gasteiger partial charge in [0.25, 0.3) is 0 Å². The number of furan rings is 1. The number of hydrogen-bond donors (Lipinski definition) is 1. The van der Waals surface area contributed by atoms with Crippen LogP contribution in [0.1, 0.15) is 24.8 Å². The van der Waals surface area contributed by atoms with Gasteiger partial charge in [-0.1, -0.05) is 6.42 Å². The summed E-state index contributed by atoms with van der Waals surface area (Å²) in [5.41, 5.74) is 1.42. The second-order valence-corrected chi connectivity index (χ2v) is 4.72. The summed E-state index contributed by atoms with van der Waals surface area (Å²) >= 11 is 0. The van der Waals surface area contributed by atoms with Gasteiger partial charge in [-0.3, -0.25) is 0 Å². The van der Waals surface area contributed by atoms with Crippen LogP contribution >= 0.6 is 0 Å². The van der Waals surface area contributed by atoms with Gasteiger partial charge in [0.15, 0.2) is 0 Å². The van der Waals surface area contributed by atoms with Gasteiger partial charge in [-0.25, -0.2) is 4.39 Å². The van der Waals surface area contributed by atoms with Crippen molar-refractivity contribution in [2.75, 3.05) is 6.54 Å². The van der Waals surface area contributed by atoms with E-state index in [4.69, 9.17) is 4.42 Å². The summed E-state index contributed by atoms with van der Waals surface area (Å²) in [6.07, 6.45) is 5.92. The average molecular weight is 233 g/mol. The lowest BCUT2D eigenvalue weighted by molar-refractivity contribution is 0.394. The van der Waals surface area contributed by atoms with Crippen LogP contribution in [-0.2, 0) is 6.42 Å². The highest BCUT2D eigenvalue weighted by molar-refractivity contribution is 5.80. The molecule has 1 fully saturated rings. The first-order valence-corrected chi connectivity index (χ1v) is 6.22. The number of halogens is 1. The lowest BCUT2D eigenvalue weighted by atomic mass is 9.96. The first-order valence-electron chi connectivity index (χ1n) is 6.22. The summed E-state index contributed by atoms with van der Waals surface area (Å²) in [7, 11) is 0. The van der Waals surface area contributed by atoms with Crippen molar-refractivity contribution < 1.29 is 8.81 Å². The first-order chi connectivity index (χ1) is 8.34. The Morgan fingerprint density at radius 3 is 3.06 bits per heavy atom. The van der Waals surface area contributed by atoms with Gasteiger partial charge >= 0.3 is 0 Å². The number of nitrogens with one attached hydrogen (secondary N) is 1. The highest BCUT2D eigenvalue weighted by Crippen LogP contribution is 2.25. The summed E-state index contributed by atoms with van der Waals surface area (Å²) in [6.45, 7) is 1.04. The Hall–Kier alpha value is -1.35. The Morgan fingerprint density at radius 2 is 2.24 bits per heavy atom. The molecule has 1 atom stereocenters. The summed E-state index contributed by atoms with van der Waals surface area (Å²) < 4.78 is 19.3. The molecule has 0 aliphatic carbocycles. The van der Waals surface area contributed by atoms with E-state index in [-0.39, 0.29) is 5.82 Å². The number of hydrogen-bond acceptors (Lipinski definition) is 2. The molecular formula is C14H16FNO. The Balaban J connectivity index is 1.92. The normalized spacial score (nSPS) is 20.9. The second-order valence-electron chi connectivity index (χ2n) is 4.72. The van der Waals surface area contributed by atoms with E-state index in [1.807, 2.05) is 6.07 Å². The molecule has 0 radical (unpaired) electrons. The molecule has 1 aliphatic heterocycles. The number of piperidine rings is 1. The van der Waals surface area contributed by atoms with Gasteiger partial charge in [-0.15, -0.1) is 0 Å². The van der Waals surface area contributed by atoms with Gasteiger partial charge in [0.2, 0.25) is 0 Å². The van der Waals surface area contributed by atoms with Gasteiger partial charge in [0.05, 0.1) is 6.26 Å². The van der Waals surface area contributed by atoms with E-state index in [0.717, 1.165) is 24.8 Å². The fourth-order valence-electron chi connectivity index (χ4n) is 2.60. The second kappa shape index (κ2) is 4.49. The molecule has 1 unspecified atom stereocenters. The van der Waals surface area contributed by atoms with E-state index in [2.05, 4.69) is 5.32 Å². The molecule has 2 nitrogen and oxygen atoms in total. The summed E-state index contributed by atoms with van der Waals surface area (Å²) in [5, 5.41) is 4.43. The van der Waals surface area contributed by atoms with Crippen LogP contribution < -0.4 is 5.32 Å². The zero-order valence-electron chi connectivity index (χ0n) is 9.71. The van der Waals surface area contributed by atoms with E-state index in [0.29, 0.717) is 17.2 Å². The largest absolute Gasteiger partial charge is 0.464 e. The molecule has 1 aromatic carbocycles. The van der Waals surface area contributed by atoms with Crippen molar-refractivity contribution in [3.8, 4) is 0 Å². The van der Waals surface area contributed by atoms with Crippen LogP contribution in [0.25, 0.3) is 11.0 Å². The molecule has 0 spiro atoms. The zero-order chi connectivity index (χ0) is 11.7. The molecule has 90 valence electrons. The highest BCUT2D eigenvalue weighted by Gasteiger charge is 2.18. The predicted octanol–water partition coefficient (Wildman–Crippen LogP) is 3.26. The van der Waals surface area contributed by atoms with Crippen molar-refractivity contribution in [3.63, 3.8) is 0 Å². The maximum absolute atomic E-state index is 13.9. The monoisotopic (exact) mass is 233 g/mol. The molecule has 1 N–H and O–H groups in total. The Bertz CT molecular complexity index is 514. The van der Waals surface area contributed by atoms with Crippen LogP contribution in [-0.4, -0.2) is 12.6 Å². The van der Waals surface area contributed by atoms with Gasteiger partial charge in [0, 0.05) is 17.0 Å². The van der Waals surface area contributed by atoms with Crippen molar-refractivity contribution in [2.45, 2.75) is 31.7 Å². The van der Waals surface area contributed by atoms with E-state index < -0.39 is 0 Å². The predicted molar refractivity (Wildman–Crippen MR) is 65.5 cm³/mol. The lowest BCUT2D eigenvalue weighted by Crippen LogP contribution is -2.35. The quantitative estimate of drug-likeness (QED) is 0.861. The first kappa shape index (κ1) is 10.8. The molecule has 2 heterocycles. The third-order valence-corrected chi connectivity index (χ3v) is 3.53. The van der Waals surface area contributed by atoms with Crippen molar-refractivity contribution in [2.24, 2.45) is 0 Å². The van der Waals surface area contributed by atoms with Crippen LogP contribution in [0.5, 0.6) is 0 Å². The van der Waals surface area contributed by atoms with E-state index >= 15 is 0 Å². The van der Waals surface area contributed by atoms with Gasteiger partial charge in [0.1, 0.15) is 11.4 Å². The van der Waals surface area contributed by atoms with Crippen molar-refractivity contribution in [1.82, 2.24) is 5.32 Å². The van der Waals surface area contributed by atoms with Gasteiger partial charge in [-0.2, -0.15) is 0 Å². The van der Waals surface area contributed by atoms with Gasteiger partial charge in [-0.05, 0) is 44.0 Å².